The molecule has 6 heteroatoms. The zero-order valence-corrected chi connectivity index (χ0v) is 19.5. The molecule has 0 unspecified atom stereocenters. The van der Waals surface area contributed by atoms with Gasteiger partial charge in [-0.1, -0.05) is 31.2 Å². The monoisotopic (exact) mass is 440 g/mol. The predicted octanol–water partition coefficient (Wildman–Crippen LogP) is 4.40. The molecule has 1 amide bonds. The molecule has 2 aromatic carbocycles. The van der Waals surface area contributed by atoms with Gasteiger partial charge in [0, 0.05) is 18.7 Å². The number of amides is 1. The van der Waals surface area contributed by atoms with Crippen molar-refractivity contribution in [3.05, 3.63) is 64.2 Å². The molecule has 0 bridgehead atoms. The maximum atomic E-state index is 13.1. The van der Waals surface area contributed by atoms with Gasteiger partial charge in [0.15, 0.2) is 0 Å². The molecule has 166 valence electrons. The maximum Gasteiger partial charge on any atom is 0.252 e. The summed E-state index contributed by atoms with van der Waals surface area (Å²) in [6.07, 6.45) is 5.16. The first-order chi connectivity index (χ1) is 14.8. The Bertz CT molecular complexity index is 1090. The first kappa shape index (κ1) is 22.0. The second-order valence-electron chi connectivity index (χ2n) is 9.14. The summed E-state index contributed by atoms with van der Waals surface area (Å²) >= 11 is 0. The molecule has 0 radical (unpaired) electrons. The average Bonchev–Trinajstić information content (AvgIpc) is 3.22. The van der Waals surface area contributed by atoms with E-state index in [0.29, 0.717) is 24.6 Å². The minimum Gasteiger partial charge on any atom is -0.346 e. The summed E-state index contributed by atoms with van der Waals surface area (Å²) in [5.74, 6) is 0.307. The van der Waals surface area contributed by atoms with Crippen LogP contribution in [-0.4, -0.2) is 31.7 Å². The van der Waals surface area contributed by atoms with Gasteiger partial charge in [0.1, 0.15) is 0 Å². The highest BCUT2D eigenvalue weighted by Gasteiger charge is 2.29. The van der Waals surface area contributed by atoms with Crippen molar-refractivity contribution in [1.82, 2.24) is 9.62 Å². The molecule has 1 aliphatic heterocycles. The number of carbonyl (C=O) groups is 1. The highest BCUT2D eigenvalue weighted by molar-refractivity contribution is 7.89. The summed E-state index contributed by atoms with van der Waals surface area (Å²) in [5.41, 5.74) is 5.05. The Hall–Kier alpha value is -2.18. The minimum absolute atomic E-state index is 0.151. The molecule has 1 aliphatic carbocycles. The summed E-state index contributed by atoms with van der Waals surface area (Å²) in [4.78, 5) is 13.3. The Morgan fingerprint density at radius 2 is 1.77 bits per heavy atom. The van der Waals surface area contributed by atoms with E-state index in [9.17, 15) is 13.2 Å². The van der Waals surface area contributed by atoms with Crippen LogP contribution in [0.25, 0.3) is 0 Å². The van der Waals surface area contributed by atoms with Crippen LogP contribution in [0.4, 0.5) is 0 Å². The van der Waals surface area contributed by atoms with E-state index in [-0.39, 0.29) is 16.8 Å². The number of piperidine rings is 1. The van der Waals surface area contributed by atoms with Crippen molar-refractivity contribution < 1.29 is 13.2 Å². The second kappa shape index (κ2) is 8.75. The van der Waals surface area contributed by atoms with Crippen LogP contribution in [0.15, 0.2) is 41.3 Å². The molecule has 0 saturated carbocycles. The van der Waals surface area contributed by atoms with Crippen LogP contribution >= 0.6 is 0 Å². The lowest BCUT2D eigenvalue weighted by atomic mass is 10.0. The molecular formula is C25H32N2O3S. The Morgan fingerprint density at radius 3 is 2.52 bits per heavy atom. The van der Waals surface area contributed by atoms with Crippen LogP contribution in [0.5, 0.6) is 0 Å². The lowest BCUT2D eigenvalue weighted by Gasteiger charge is -2.29. The summed E-state index contributed by atoms with van der Waals surface area (Å²) in [5, 5.41) is 3.06. The highest BCUT2D eigenvalue weighted by Crippen LogP contribution is 2.27. The number of nitrogens with one attached hydrogen (secondary N) is 1. The van der Waals surface area contributed by atoms with Crippen molar-refractivity contribution >= 4 is 15.9 Å². The molecule has 31 heavy (non-hydrogen) atoms. The van der Waals surface area contributed by atoms with E-state index in [1.807, 2.05) is 13.8 Å². The van der Waals surface area contributed by atoms with Crippen molar-refractivity contribution in [3.8, 4) is 0 Å². The van der Waals surface area contributed by atoms with Crippen LogP contribution in [-0.2, 0) is 22.9 Å². The van der Waals surface area contributed by atoms with Crippen molar-refractivity contribution in [2.24, 2.45) is 5.92 Å². The van der Waals surface area contributed by atoms with E-state index in [0.717, 1.165) is 36.8 Å². The van der Waals surface area contributed by atoms with Gasteiger partial charge >= 0.3 is 0 Å². The molecule has 2 aliphatic rings. The number of benzene rings is 2. The number of sulfonamides is 1. The Morgan fingerprint density at radius 1 is 1.06 bits per heavy atom. The van der Waals surface area contributed by atoms with Crippen LogP contribution in [0.3, 0.4) is 0 Å². The van der Waals surface area contributed by atoms with Crippen LogP contribution in [0.2, 0.25) is 0 Å². The smallest absolute Gasteiger partial charge is 0.252 e. The maximum absolute atomic E-state index is 13.1. The van der Waals surface area contributed by atoms with Gasteiger partial charge in [-0.05, 0) is 86.3 Å². The predicted molar refractivity (Wildman–Crippen MR) is 123 cm³/mol. The van der Waals surface area contributed by atoms with Gasteiger partial charge in [-0.25, -0.2) is 8.42 Å². The van der Waals surface area contributed by atoms with Crippen molar-refractivity contribution in [1.29, 1.82) is 0 Å². The molecule has 1 heterocycles. The molecule has 1 fully saturated rings. The lowest BCUT2D eigenvalue weighted by Crippen LogP contribution is -2.38. The normalized spacial score (nSPS) is 18.5. The third-order valence-corrected chi connectivity index (χ3v) is 8.70. The zero-order valence-electron chi connectivity index (χ0n) is 18.6. The van der Waals surface area contributed by atoms with Crippen molar-refractivity contribution in [2.45, 2.75) is 63.8 Å². The van der Waals surface area contributed by atoms with Gasteiger partial charge in [-0.2, -0.15) is 4.31 Å². The van der Waals surface area contributed by atoms with Gasteiger partial charge in [-0.15, -0.1) is 0 Å². The molecule has 2 aromatic rings. The number of hydrogen-bond acceptors (Lipinski definition) is 3. The second-order valence-corrected chi connectivity index (χ2v) is 11.1. The van der Waals surface area contributed by atoms with Crippen molar-refractivity contribution in [2.75, 3.05) is 13.1 Å². The summed E-state index contributed by atoms with van der Waals surface area (Å²) in [7, 11) is -3.59. The van der Waals surface area contributed by atoms with Crippen molar-refractivity contribution in [3.63, 3.8) is 0 Å². The van der Waals surface area contributed by atoms with Crippen LogP contribution in [0.1, 0.15) is 71.8 Å². The number of aryl methyl sites for hydroxylation is 3. The summed E-state index contributed by atoms with van der Waals surface area (Å²) in [6, 6.07) is 11.2. The number of hydrogen-bond donors (Lipinski definition) is 1. The Labute approximate surface area is 185 Å². The van der Waals surface area contributed by atoms with Gasteiger partial charge in [0.2, 0.25) is 10.0 Å². The highest BCUT2D eigenvalue weighted by atomic mass is 32.2. The Balaban J connectivity index is 1.53. The first-order valence-corrected chi connectivity index (χ1v) is 12.7. The third-order valence-electron chi connectivity index (χ3n) is 6.80. The van der Waals surface area contributed by atoms with E-state index in [2.05, 4.69) is 30.4 Å². The lowest BCUT2D eigenvalue weighted by molar-refractivity contribution is 0.0939. The SMILES string of the molecule is Cc1ccc(S(=O)(=O)N2CCC(C)CC2)cc1C(=O)N[C@@H](C)c1ccc2c(c1)CCC2. The standard InChI is InChI=1S/C25H32N2O3S/c1-17-11-13-27(14-12-17)31(29,30)23-10-7-18(2)24(16-23)25(28)26-19(3)21-9-8-20-5-4-6-22(20)15-21/h7-10,15-17,19H,4-6,11-14H2,1-3H3,(H,26,28)/t19-/m0/s1. The fourth-order valence-electron chi connectivity index (χ4n) is 4.60. The largest absolute Gasteiger partial charge is 0.346 e. The summed E-state index contributed by atoms with van der Waals surface area (Å²) < 4.78 is 27.8. The topological polar surface area (TPSA) is 66.5 Å². The number of carbonyl (C=O) groups excluding carboxylic acids is 1. The quantitative estimate of drug-likeness (QED) is 0.750. The van der Waals surface area contributed by atoms with Gasteiger partial charge in [0.25, 0.3) is 5.91 Å². The third kappa shape index (κ3) is 4.55. The fraction of sp³-hybridized carbons (Fsp3) is 0.480. The van der Waals surface area contributed by atoms with E-state index < -0.39 is 10.0 Å². The average molecular weight is 441 g/mol. The molecule has 5 nitrogen and oxygen atoms in total. The van der Waals surface area contributed by atoms with Gasteiger partial charge in [-0.3, -0.25) is 4.79 Å². The van der Waals surface area contributed by atoms with Gasteiger partial charge < -0.3 is 5.32 Å². The van der Waals surface area contributed by atoms with Crippen LogP contribution in [0, 0.1) is 12.8 Å². The van der Waals surface area contributed by atoms with E-state index in [1.54, 1.807) is 16.4 Å². The van der Waals surface area contributed by atoms with Crippen LogP contribution < -0.4 is 5.32 Å². The molecule has 1 saturated heterocycles. The molecular weight excluding hydrogens is 408 g/mol. The molecule has 4 rings (SSSR count). The van der Waals surface area contributed by atoms with Gasteiger partial charge in [0.05, 0.1) is 10.9 Å². The molecule has 0 spiro atoms. The molecule has 1 atom stereocenters. The number of fused-ring (bicyclic) bond motifs is 1. The summed E-state index contributed by atoms with van der Waals surface area (Å²) in [6.45, 7) is 7.04. The minimum atomic E-state index is -3.59. The van der Waals surface area contributed by atoms with E-state index >= 15 is 0 Å². The molecule has 1 N–H and O–H groups in total. The Kier molecular flexibility index (Phi) is 6.22. The fourth-order valence-corrected chi connectivity index (χ4v) is 6.10. The zero-order chi connectivity index (χ0) is 22.2. The number of rotatable bonds is 5. The van der Waals surface area contributed by atoms with E-state index in [4.69, 9.17) is 0 Å². The molecule has 0 aromatic heterocycles. The first-order valence-electron chi connectivity index (χ1n) is 11.3. The van der Waals surface area contributed by atoms with E-state index in [1.165, 1.54) is 23.6 Å². The number of nitrogens with zero attached hydrogens (tertiary/aromatic N) is 1.